The lowest BCUT2D eigenvalue weighted by Gasteiger charge is -2.27. The molecule has 1 heterocycles. The lowest BCUT2D eigenvalue weighted by Crippen LogP contribution is -2.48. The monoisotopic (exact) mass is 334 g/mol. The van der Waals surface area contributed by atoms with E-state index in [1.165, 1.54) is 0 Å². The van der Waals surface area contributed by atoms with E-state index in [1.807, 2.05) is 25.1 Å². The molecule has 1 saturated heterocycles. The molecule has 134 valence electrons. The van der Waals surface area contributed by atoms with Crippen LogP contribution in [0.1, 0.15) is 32.3 Å². The molecular weight excluding hydrogens is 304 g/mol. The molecular formula is C18H30N4O2. The second kappa shape index (κ2) is 9.49. The van der Waals surface area contributed by atoms with Gasteiger partial charge < -0.3 is 20.7 Å². The van der Waals surface area contributed by atoms with Crippen LogP contribution in [0.15, 0.2) is 24.3 Å². The van der Waals surface area contributed by atoms with Crippen LogP contribution in [0.2, 0.25) is 0 Å². The van der Waals surface area contributed by atoms with Gasteiger partial charge in [-0.05, 0) is 24.5 Å². The first kappa shape index (κ1) is 18.5. The van der Waals surface area contributed by atoms with Crippen molar-refractivity contribution in [2.45, 2.75) is 32.9 Å². The molecule has 1 aliphatic heterocycles. The van der Waals surface area contributed by atoms with E-state index >= 15 is 0 Å². The number of benzene rings is 1. The maximum absolute atomic E-state index is 12.0. The normalized spacial score (nSPS) is 16.7. The largest absolute Gasteiger partial charge is 0.471 e. The molecule has 1 unspecified atom stereocenters. The van der Waals surface area contributed by atoms with Gasteiger partial charge in [-0.1, -0.05) is 32.0 Å². The van der Waals surface area contributed by atoms with E-state index in [-0.39, 0.29) is 12.3 Å². The fraction of sp³-hybridized carbons (Fsp3) is 0.611. The van der Waals surface area contributed by atoms with Gasteiger partial charge in [-0.3, -0.25) is 4.90 Å². The predicted octanol–water partition coefficient (Wildman–Crippen LogP) is 1.74. The van der Waals surface area contributed by atoms with E-state index in [0.717, 1.165) is 44.0 Å². The number of rotatable bonds is 7. The zero-order valence-electron chi connectivity index (χ0n) is 15.0. The summed E-state index contributed by atoms with van der Waals surface area (Å²) in [6.45, 7) is 11.7. The van der Waals surface area contributed by atoms with E-state index in [9.17, 15) is 4.79 Å². The van der Waals surface area contributed by atoms with E-state index in [1.54, 1.807) is 0 Å². The van der Waals surface area contributed by atoms with Crippen molar-refractivity contribution in [1.29, 1.82) is 0 Å². The van der Waals surface area contributed by atoms with Gasteiger partial charge in [-0.15, -0.1) is 0 Å². The van der Waals surface area contributed by atoms with Crippen LogP contribution in [0.25, 0.3) is 0 Å². The summed E-state index contributed by atoms with van der Waals surface area (Å²) >= 11 is 0. The lowest BCUT2D eigenvalue weighted by molar-refractivity contribution is 0.174. The van der Waals surface area contributed by atoms with Gasteiger partial charge in [-0.2, -0.15) is 0 Å². The second-order valence-electron chi connectivity index (χ2n) is 6.44. The molecule has 0 saturated carbocycles. The molecule has 0 aliphatic carbocycles. The van der Waals surface area contributed by atoms with Gasteiger partial charge >= 0.3 is 6.03 Å². The number of nitrogens with one attached hydrogen (secondary N) is 3. The minimum absolute atomic E-state index is 0.195. The Balaban J connectivity index is 1.71. The van der Waals surface area contributed by atoms with Gasteiger partial charge in [0.05, 0.1) is 0 Å². The number of ether oxygens (including phenoxy) is 1. The molecule has 2 rings (SSSR count). The number of nitrogens with zero attached hydrogens (tertiary/aromatic N) is 1. The smallest absolute Gasteiger partial charge is 0.317 e. The average Bonchev–Trinajstić information content (AvgIpc) is 2.56. The molecule has 6 nitrogen and oxygen atoms in total. The highest BCUT2D eigenvalue weighted by molar-refractivity contribution is 5.74. The Bertz CT molecular complexity index is 515. The molecule has 24 heavy (non-hydrogen) atoms. The fourth-order valence-electron chi connectivity index (χ4n) is 2.78. The summed E-state index contributed by atoms with van der Waals surface area (Å²) in [7, 11) is 0. The van der Waals surface area contributed by atoms with Crippen LogP contribution in [-0.4, -0.2) is 56.4 Å². The molecule has 0 spiro atoms. The van der Waals surface area contributed by atoms with E-state index in [2.05, 4.69) is 40.8 Å². The van der Waals surface area contributed by atoms with Crippen LogP contribution in [0.5, 0.6) is 5.75 Å². The van der Waals surface area contributed by atoms with Gasteiger partial charge in [0.15, 0.2) is 6.23 Å². The first-order valence-corrected chi connectivity index (χ1v) is 8.79. The third kappa shape index (κ3) is 6.02. The zero-order chi connectivity index (χ0) is 17.4. The van der Waals surface area contributed by atoms with E-state index < -0.39 is 0 Å². The van der Waals surface area contributed by atoms with Crippen LogP contribution < -0.4 is 20.7 Å². The van der Waals surface area contributed by atoms with Crippen molar-refractivity contribution >= 4 is 6.03 Å². The van der Waals surface area contributed by atoms with Crippen LogP contribution in [0, 0.1) is 0 Å². The van der Waals surface area contributed by atoms with Gasteiger partial charge in [-0.25, -0.2) is 4.79 Å². The molecule has 1 atom stereocenters. The number of carbonyl (C=O) groups excluding carboxylic acids is 1. The summed E-state index contributed by atoms with van der Waals surface area (Å²) in [6, 6.07) is 7.75. The molecule has 0 aromatic heterocycles. The van der Waals surface area contributed by atoms with E-state index in [4.69, 9.17) is 4.74 Å². The van der Waals surface area contributed by atoms with Crippen molar-refractivity contribution < 1.29 is 9.53 Å². The highest BCUT2D eigenvalue weighted by Crippen LogP contribution is 2.26. The second-order valence-corrected chi connectivity index (χ2v) is 6.44. The number of amides is 2. The summed E-state index contributed by atoms with van der Waals surface area (Å²) in [5, 5.41) is 9.04. The molecule has 1 fully saturated rings. The van der Waals surface area contributed by atoms with Gasteiger partial charge in [0.1, 0.15) is 5.75 Å². The van der Waals surface area contributed by atoms with Crippen LogP contribution in [0.4, 0.5) is 4.79 Å². The highest BCUT2D eigenvalue weighted by atomic mass is 16.5. The molecule has 1 aliphatic rings. The van der Waals surface area contributed by atoms with Gasteiger partial charge in [0.25, 0.3) is 0 Å². The van der Waals surface area contributed by atoms with Crippen molar-refractivity contribution in [3.05, 3.63) is 29.8 Å². The zero-order valence-corrected chi connectivity index (χ0v) is 15.0. The van der Waals surface area contributed by atoms with Crippen LogP contribution >= 0.6 is 0 Å². The van der Waals surface area contributed by atoms with Crippen molar-refractivity contribution in [3.8, 4) is 5.75 Å². The minimum atomic E-state index is -0.385. The van der Waals surface area contributed by atoms with Crippen LogP contribution in [0.3, 0.4) is 0 Å². The number of carbonyl (C=O) groups is 1. The topological polar surface area (TPSA) is 65.6 Å². The number of piperazine rings is 1. The van der Waals surface area contributed by atoms with Crippen molar-refractivity contribution in [2.75, 3.05) is 39.3 Å². The third-order valence-electron chi connectivity index (χ3n) is 4.10. The molecule has 6 heteroatoms. The first-order valence-electron chi connectivity index (χ1n) is 8.79. The number of para-hydroxylation sites is 1. The van der Waals surface area contributed by atoms with Crippen LogP contribution in [-0.2, 0) is 0 Å². The average molecular weight is 334 g/mol. The Morgan fingerprint density at radius 1 is 1.25 bits per heavy atom. The molecule has 1 aromatic rings. The summed E-state index contributed by atoms with van der Waals surface area (Å²) in [4.78, 5) is 14.3. The quantitative estimate of drug-likeness (QED) is 0.665. The van der Waals surface area contributed by atoms with Crippen molar-refractivity contribution in [1.82, 2.24) is 20.9 Å². The van der Waals surface area contributed by atoms with Gasteiger partial charge in [0, 0.05) is 39.3 Å². The number of urea groups is 1. The lowest BCUT2D eigenvalue weighted by atomic mass is 10.0. The molecule has 3 N–H and O–H groups in total. The van der Waals surface area contributed by atoms with Gasteiger partial charge in [0.2, 0.25) is 0 Å². The summed E-state index contributed by atoms with van der Waals surface area (Å²) in [5.74, 6) is 1.20. The van der Waals surface area contributed by atoms with Crippen molar-refractivity contribution in [2.24, 2.45) is 0 Å². The fourth-order valence-corrected chi connectivity index (χ4v) is 2.78. The number of hydrogen-bond donors (Lipinski definition) is 3. The highest BCUT2D eigenvalue weighted by Gasteiger charge is 2.13. The third-order valence-corrected chi connectivity index (χ3v) is 4.10. The maximum atomic E-state index is 12.0. The Kier molecular flexibility index (Phi) is 7.34. The summed E-state index contributed by atoms with van der Waals surface area (Å²) < 4.78 is 5.88. The van der Waals surface area contributed by atoms with E-state index in [0.29, 0.717) is 12.5 Å². The Labute approximate surface area is 144 Å². The summed E-state index contributed by atoms with van der Waals surface area (Å²) in [6.07, 6.45) is -0.385. The van der Waals surface area contributed by atoms with Crippen molar-refractivity contribution in [3.63, 3.8) is 0 Å². The molecule has 0 bridgehead atoms. The number of hydrogen-bond acceptors (Lipinski definition) is 4. The molecule has 2 amide bonds. The Hall–Kier alpha value is -1.79. The molecule has 1 aromatic carbocycles. The maximum Gasteiger partial charge on any atom is 0.317 e. The SMILES string of the molecule is CC(NC(=O)NCCN1CCNCC1)Oc1ccccc1C(C)C. The first-order chi connectivity index (χ1) is 11.6. The Morgan fingerprint density at radius 3 is 2.67 bits per heavy atom. The predicted molar refractivity (Wildman–Crippen MR) is 96.5 cm³/mol. The standard InChI is InChI=1S/C18H30N4O2/c1-14(2)16-6-4-5-7-17(16)24-15(3)21-18(23)20-10-13-22-11-8-19-9-12-22/h4-7,14-15,19H,8-13H2,1-3H3,(H2,20,21,23). The Morgan fingerprint density at radius 2 is 1.96 bits per heavy atom. The minimum Gasteiger partial charge on any atom is -0.471 e. The summed E-state index contributed by atoms with van der Waals surface area (Å²) in [5.41, 5.74) is 1.14. The molecule has 0 radical (unpaired) electrons.